The molecule has 20 heavy (non-hydrogen) atoms. The van der Waals surface area contributed by atoms with Crippen LogP contribution in [-0.2, 0) is 4.79 Å². The molecule has 0 amide bonds. The second-order valence-corrected chi connectivity index (χ2v) is 6.56. The van der Waals surface area contributed by atoms with Gasteiger partial charge in [0.05, 0.1) is 5.92 Å². The Hall–Kier alpha value is 0.150. The van der Waals surface area contributed by atoms with E-state index < -0.39 is 38.4 Å². The average molecular weight is 384 g/mol. The van der Waals surface area contributed by atoms with Crippen LogP contribution >= 0.6 is 46.4 Å². The van der Waals surface area contributed by atoms with E-state index in [2.05, 4.69) is 0 Å². The highest BCUT2D eigenvalue weighted by atomic mass is 35.5. The van der Waals surface area contributed by atoms with Gasteiger partial charge in [-0.05, 0) is 6.08 Å². The van der Waals surface area contributed by atoms with Gasteiger partial charge in [-0.2, -0.15) is 26.3 Å². The van der Waals surface area contributed by atoms with Crippen molar-refractivity contribution in [3.63, 3.8) is 0 Å². The molecule has 0 aromatic heterocycles. The molecule has 0 fully saturated rings. The van der Waals surface area contributed by atoms with E-state index >= 15 is 0 Å². The fraction of sp³-hybridized carbons (Fsp3) is 0.667. The Morgan fingerprint density at radius 3 is 1.85 bits per heavy atom. The second-order valence-electron chi connectivity index (χ2n) is 4.06. The van der Waals surface area contributed by atoms with Gasteiger partial charge < -0.3 is 4.79 Å². The lowest BCUT2D eigenvalue weighted by molar-refractivity contribution is -0.238. The lowest BCUT2D eigenvalue weighted by Crippen LogP contribution is -2.62. The Morgan fingerprint density at radius 1 is 1.10 bits per heavy atom. The molecule has 0 aromatic carbocycles. The first-order valence-electron chi connectivity index (χ1n) is 4.73. The summed E-state index contributed by atoms with van der Waals surface area (Å²) in [5.74, 6) is -5.45. The van der Waals surface area contributed by atoms with Crippen LogP contribution in [0.25, 0.3) is 0 Å². The Bertz CT molecular complexity index is 443. The van der Waals surface area contributed by atoms with E-state index in [9.17, 15) is 31.1 Å². The zero-order chi connectivity index (χ0) is 16.1. The molecule has 1 aliphatic carbocycles. The monoisotopic (exact) mass is 382 g/mol. The standard InChI is InChI=1S/C9H4Cl4F6O/c10-4-1-6(11,9(17,18)19)5(8(14,15)16)7(12,13)3(4)2-20/h1-3,5H. The molecular weight excluding hydrogens is 380 g/mol. The number of aldehydes is 1. The quantitative estimate of drug-likeness (QED) is 0.360. The highest BCUT2D eigenvalue weighted by molar-refractivity contribution is 6.52. The van der Waals surface area contributed by atoms with Crippen molar-refractivity contribution in [2.24, 2.45) is 11.8 Å². The third-order valence-electron chi connectivity index (χ3n) is 2.76. The number of halogens is 10. The first-order chi connectivity index (χ1) is 8.69. The van der Waals surface area contributed by atoms with E-state index in [0.29, 0.717) is 0 Å². The van der Waals surface area contributed by atoms with E-state index in [1.807, 2.05) is 0 Å². The lowest BCUT2D eigenvalue weighted by Gasteiger charge is -2.47. The summed E-state index contributed by atoms with van der Waals surface area (Å²) in [5, 5.41) is -0.905. The van der Waals surface area contributed by atoms with E-state index in [0.717, 1.165) is 0 Å². The molecule has 3 atom stereocenters. The van der Waals surface area contributed by atoms with Gasteiger partial charge in [0.1, 0.15) is 16.5 Å². The third-order valence-corrected chi connectivity index (χ3v) is 4.56. The van der Waals surface area contributed by atoms with E-state index in [4.69, 9.17) is 46.4 Å². The summed E-state index contributed by atoms with van der Waals surface area (Å²) >= 11 is 21.3. The Morgan fingerprint density at radius 2 is 1.55 bits per heavy atom. The van der Waals surface area contributed by atoms with Gasteiger partial charge in [-0.15, -0.1) is 11.6 Å². The molecule has 1 nitrogen and oxygen atoms in total. The number of alkyl halides is 9. The first kappa shape index (κ1) is 18.2. The maximum Gasteiger partial charge on any atom is 0.411 e. The Labute approximate surface area is 128 Å². The van der Waals surface area contributed by atoms with Crippen molar-refractivity contribution in [2.45, 2.75) is 21.6 Å². The molecule has 0 spiro atoms. The number of hydrogen-bond donors (Lipinski definition) is 0. The van der Waals surface area contributed by atoms with Crippen molar-refractivity contribution in [3.05, 3.63) is 11.1 Å². The van der Waals surface area contributed by atoms with Crippen LogP contribution in [0.2, 0.25) is 0 Å². The van der Waals surface area contributed by atoms with E-state index in [1.165, 1.54) is 0 Å². The normalized spacial score (nSPS) is 34.6. The third kappa shape index (κ3) is 2.74. The summed E-state index contributed by atoms with van der Waals surface area (Å²) in [7, 11) is 0. The number of rotatable bonds is 1. The van der Waals surface area contributed by atoms with Gasteiger partial charge in [-0.25, -0.2) is 0 Å². The molecule has 0 aliphatic heterocycles. The van der Waals surface area contributed by atoms with Gasteiger partial charge in [0, 0.05) is 5.03 Å². The summed E-state index contributed by atoms with van der Waals surface area (Å²) in [6.07, 6.45) is -11.3. The molecule has 0 N–H and O–H groups in total. The molecule has 1 aliphatic rings. The summed E-state index contributed by atoms with van der Waals surface area (Å²) in [6, 6.07) is 0. The van der Waals surface area contributed by atoms with E-state index in [-0.39, 0.29) is 12.4 Å². The van der Waals surface area contributed by atoms with Crippen LogP contribution in [0.15, 0.2) is 11.1 Å². The minimum atomic E-state index is -5.54. The van der Waals surface area contributed by atoms with Gasteiger partial charge in [-0.1, -0.05) is 34.8 Å². The fourth-order valence-electron chi connectivity index (χ4n) is 1.87. The number of carbonyl (C=O) groups is 1. The van der Waals surface area contributed by atoms with Gasteiger partial charge in [-0.3, -0.25) is 0 Å². The van der Waals surface area contributed by atoms with Crippen molar-refractivity contribution in [3.8, 4) is 0 Å². The van der Waals surface area contributed by atoms with Gasteiger partial charge in [0.25, 0.3) is 0 Å². The van der Waals surface area contributed by atoms with Crippen molar-refractivity contribution in [1.29, 1.82) is 0 Å². The molecule has 0 radical (unpaired) electrons. The Kier molecular flexibility index (Phi) is 4.65. The van der Waals surface area contributed by atoms with Crippen molar-refractivity contribution < 1.29 is 31.1 Å². The van der Waals surface area contributed by atoms with Crippen molar-refractivity contribution >= 4 is 52.7 Å². The SMILES string of the molecule is O=CC1C(Cl)=CC(Cl)(C(F)(F)F)C(C(F)(F)F)C1(Cl)Cl. The summed E-state index contributed by atoms with van der Waals surface area (Å²) in [4.78, 5) is 6.77. The van der Waals surface area contributed by atoms with Crippen LogP contribution in [0.3, 0.4) is 0 Å². The zero-order valence-electron chi connectivity index (χ0n) is 9.00. The summed E-state index contributed by atoms with van der Waals surface area (Å²) < 4.78 is 74.4. The first-order valence-corrected chi connectivity index (χ1v) is 6.24. The van der Waals surface area contributed by atoms with Crippen LogP contribution in [-0.4, -0.2) is 27.8 Å². The topological polar surface area (TPSA) is 17.1 Å². The van der Waals surface area contributed by atoms with Crippen LogP contribution in [0.5, 0.6) is 0 Å². The predicted molar refractivity (Wildman–Crippen MR) is 62.1 cm³/mol. The van der Waals surface area contributed by atoms with Crippen LogP contribution in [0.4, 0.5) is 26.3 Å². The maximum absolute atomic E-state index is 13.0. The molecule has 3 unspecified atom stereocenters. The van der Waals surface area contributed by atoms with Crippen molar-refractivity contribution in [2.75, 3.05) is 0 Å². The maximum atomic E-state index is 13.0. The fourth-order valence-corrected chi connectivity index (χ4v) is 3.89. The van der Waals surface area contributed by atoms with Crippen LogP contribution < -0.4 is 0 Å². The lowest BCUT2D eigenvalue weighted by atomic mass is 9.76. The predicted octanol–water partition coefficient (Wildman–Crippen LogP) is 4.83. The molecule has 116 valence electrons. The van der Waals surface area contributed by atoms with Gasteiger partial charge in [0.2, 0.25) is 0 Å². The number of allylic oxidation sites excluding steroid dienone is 2. The smallest absolute Gasteiger partial charge is 0.303 e. The number of hydrogen-bond acceptors (Lipinski definition) is 1. The summed E-state index contributed by atoms with van der Waals surface area (Å²) in [5.41, 5.74) is 0. The molecule has 0 bridgehead atoms. The molecular formula is C9H4Cl4F6O. The molecule has 0 heterocycles. The molecule has 11 heteroatoms. The number of carbonyl (C=O) groups excluding carboxylic acids is 1. The minimum absolute atomic E-state index is 0.0870. The highest BCUT2D eigenvalue weighted by Gasteiger charge is 2.74. The average Bonchev–Trinajstić information content (AvgIpc) is 2.10. The van der Waals surface area contributed by atoms with Gasteiger partial charge in [0.15, 0.2) is 4.87 Å². The molecule has 0 aromatic rings. The second kappa shape index (κ2) is 5.11. The molecule has 0 saturated heterocycles. The van der Waals surface area contributed by atoms with E-state index in [1.54, 1.807) is 0 Å². The highest BCUT2D eigenvalue weighted by Crippen LogP contribution is 2.62. The summed E-state index contributed by atoms with van der Waals surface area (Å²) in [6.45, 7) is 0. The van der Waals surface area contributed by atoms with Gasteiger partial charge >= 0.3 is 12.4 Å². The molecule has 1 rings (SSSR count). The zero-order valence-corrected chi connectivity index (χ0v) is 12.0. The van der Waals surface area contributed by atoms with Crippen LogP contribution in [0.1, 0.15) is 0 Å². The largest absolute Gasteiger partial charge is 0.411 e. The molecule has 0 saturated carbocycles. The van der Waals surface area contributed by atoms with Crippen molar-refractivity contribution in [1.82, 2.24) is 0 Å². The van der Waals surface area contributed by atoms with Crippen LogP contribution in [0, 0.1) is 11.8 Å². The minimum Gasteiger partial charge on any atom is -0.303 e. The Balaban J connectivity index is 3.66.